The van der Waals surface area contributed by atoms with Gasteiger partial charge in [-0.3, -0.25) is 9.78 Å². The number of carbonyl (C=O) groups excluding carboxylic acids is 1. The molecule has 8 heteroatoms. The minimum absolute atomic E-state index is 0.0903. The number of halogens is 1. The third kappa shape index (κ3) is 6.24. The minimum atomic E-state index is -3.51. The zero-order chi connectivity index (χ0) is 23.3. The molecular formula is C25H26FN3O3S. The number of piperidine rings is 1. The molecule has 4 rings (SSSR count). The predicted molar refractivity (Wildman–Crippen MR) is 125 cm³/mol. The first kappa shape index (κ1) is 23.1. The number of rotatable bonds is 7. The SMILES string of the molecule is O=C(Nc1ccc(Cc2ccncc2)cc1)C1CCN(S(=O)(=O)Cc2ccc(F)cc2)CC1. The molecule has 1 amide bonds. The van der Waals surface area contributed by atoms with E-state index in [2.05, 4.69) is 10.3 Å². The lowest BCUT2D eigenvalue weighted by Gasteiger charge is -2.30. The molecule has 2 aromatic carbocycles. The molecule has 0 unspecified atom stereocenters. The fourth-order valence-corrected chi connectivity index (χ4v) is 5.53. The monoisotopic (exact) mass is 467 g/mol. The van der Waals surface area contributed by atoms with Gasteiger partial charge in [-0.1, -0.05) is 24.3 Å². The largest absolute Gasteiger partial charge is 0.326 e. The molecule has 1 aromatic heterocycles. The average molecular weight is 468 g/mol. The van der Waals surface area contributed by atoms with E-state index in [1.807, 2.05) is 36.4 Å². The van der Waals surface area contributed by atoms with Crippen LogP contribution in [0.2, 0.25) is 0 Å². The highest BCUT2D eigenvalue weighted by atomic mass is 32.2. The first-order valence-corrected chi connectivity index (χ1v) is 12.5. The Bertz CT molecular complexity index is 1180. The fraction of sp³-hybridized carbons (Fsp3) is 0.280. The molecule has 6 nitrogen and oxygen atoms in total. The van der Waals surface area contributed by atoms with E-state index >= 15 is 0 Å². The zero-order valence-electron chi connectivity index (χ0n) is 18.2. The number of hydrogen-bond acceptors (Lipinski definition) is 4. The highest BCUT2D eigenvalue weighted by Gasteiger charge is 2.31. The Kier molecular flexibility index (Phi) is 7.15. The van der Waals surface area contributed by atoms with Crippen LogP contribution in [0.15, 0.2) is 73.1 Å². The van der Waals surface area contributed by atoms with Gasteiger partial charge in [0.05, 0.1) is 5.75 Å². The topological polar surface area (TPSA) is 79.4 Å². The number of benzene rings is 2. The van der Waals surface area contributed by atoms with E-state index in [1.54, 1.807) is 12.4 Å². The Labute approximate surface area is 193 Å². The lowest BCUT2D eigenvalue weighted by Crippen LogP contribution is -2.41. The Morgan fingerprint density at radius 2 is 1.48 bits per heavy atom. The highest BCUT2D eigenvalue weighted by molar-refractivity contribution is 7.88. The molecule has 1 N–H and O–H groups in total. The summed E-state index contributed by atoms with van der Waals surface area (Å²) in [6.07, 6.45) is 5.26. The smallest absolute Gasteiger partial charge is 0.227 e. The second kappa shape index (κ2) is 10.2. The second-order valence-corrected chi connectivity index (χ2v) is 10.2. The first-order valence-electron chi connectivity index (χ1n) is 10.9. The zero-order valence-corrected chi connectivity index (χ0v) is 19.0. The van der Waals surface area contributed by atoms with Gasteiger partial charge in [-0.25, -0.2) is 17.1 Å². The molecular weight excluding hydrogens is 441 g/mol. The first-order chi connectivity index (χ1) is 15.9. The van der Waals surface area contributed by atoms with Crippen molar-refractivity contribution in [2.45, 2.75) is 25.0 Å². The summed E-state index contributed by atoms with van der Waals surface area (Å²) >= 11 is 0. The van der Waals surface area contributed by atoms with E-state index in [-0.39, 0.29) is 17.6 Å². The molecule has 0 atom stereocenters. The summed E-state index contributed by atoms with van der Waals surface area (Å²) in [5, 5.41) is 2.95. The van der Waals surface area contributed by atoms with E-state index in [0.29, 0.717) is 31.5 Å². The van der Waals surface area contributed by atoms with Crippen LogP contribution in [-0.4, -0.2) is 36.7 Å². The van der Waals surface area contributed by atoms with Gasteiger partial charge < -0.3 is 5.32 Å². The van der Waals surface area contributed by atoms with Crippen molar-refractivity contribution in [2.24, 2.45) is 5.92 Å². The number of carbonyl (C=O) groups is 1. The summed E-state index contributed by atoms with van der Waals surface area (Å²) in [7, 11) is -3.51. The summed E-state index contributed by atoms with van der Waals surface area (Å²) in [5.41, 5.74) is 3.58. The molecule has 172 valence electrons. The van der Waals surface area contributed by atoms with Crippen LogP contribution >= 0.6 is 0 Å². The predicted octanol–water partition coefficient (Wildman–Crippen LogP) is 3.99. The highest BCUT2D eigenvalue weighted by Crippen LogP contribution is 2.23. The third-order valence-corrected chi connectivity index (χ3v) is 7.71. The van der Waals surface area contributed by atoms with Crippen molar-refractivity contribution in [3.63, 3.8) is 0 Å². The standard InChI is InChI=1S/C25H26FN3O3S/c26-23-5-1-21(2-6-23)18-33(31,32)29-15-11-22(12-16-29)25(30)28-24-7-3-19(4-8-24)17-20-9-13-27-14-10-20/h1-10,13-14,22H,11-12,15-18H2,(H,28,30). The summed E-state index contributed by atoms with van der Waals surface area (Å²) in [6.45, 7) is 0.596. The number of hydrogen-bond donors (Lipinski definition) is 1. The van der Waals surface area contributed by atoms with Crippen LogP contribution in [0.3, 0.4) is 0 Å². The lowest BCUT2D eigenvalue weighted by atomic mass is 9.97. The number of nitrogens with one attached hydrogen (secondary N) is 1. The van der Waals surface area contributed by atoms with Gasteiger partial charge in [0, 0.05) is 37.1 Å². The molecule has 0 radical (unpaired) electrons. The van der Waals surface area contributed by atoms with Gasteiger partial charge in [-0.2, -0.15) is 0 Å². The molecule has 0 bridgehead atoms. The van der Waals surface area contributed by atoms with Crippen LogP contribution in [0.5, 0.6) is 0 Å². The van der Waals surface area contributed by atoms with Crippen molar-refractivity contribution >= 4 is 21.6 Å². The Morgan fingerprint density at radius 1 is 0.909 bits per heavy atom. The van der Waals surface area contributed by atoms with Crippen molar-refractivity contribution in [3.05, 3.63) is 95.6 Å². The van der Waals surface area contributed by atoms with Crippen molar-refractivity contribution in [3.8, 4) is 0 Å². The Morgan fingerprint density at radius 3 is 2.12 bits per heavy atom. The van der Waals surface area contributed by atoms with Crippen molar-refractivity contribution in [1.29, 1.82) is 0 Å². The van der Waals surface area contributed by atoms with E-state index < -0.39 is 15.8 Å². The van der Waals surface area contributed by atoms with Crippen LogP contribution in [-0.2, 0) is 27.0 Å². The molecule has 3 aromatic rings. The van der Waals surface area contributed by atoms with Crippen LogP contribution in [0.1, 0.15) is 29.5 Å². The Hall–Kier alpha value is -3.10. The molecule has 1 fully saturated rings. The number of pyridine rings is 1. The maximum absolute atomic E-state index is 13.1. The molecule has 1 saturated heterocycles. The van der Waals surface area contributed by atoms with E-state index in [1.165, 1.54) is 34.1 Å². The van der Waals surface area contributed by atoms with Crippen molar-refractivity contribution < 1.29 is 17.6 Å². The van der Waals surface area contributed by atoms with E-state index in [4.69, 9.17) is 0 Å². The summed E-state index contributed by atoms with van der Waals surface area (Å²) < 4.78 is 39.9. The maximum Gasteiger partial charge on any atom is 0.227 e. The van der Waals surface area contributed by atoms with E-state index in [9.17, 15) is 17.6 Å². The molecule has 0 aliphatic carbocycles. The minimum Gasteiger partial charge on any atom is -0.326 e. The molecule has 33 heavy (non-hydrogen) atoms. The van der Waals surface area contributed by atoms with Crippen molar-refractivity contribution in [2.75, 3.05) is 18.4 Å². The van der Waals surface area contributed by atoms with Crippen LogP contribution in [0.4, 0.5) is 10.1 Å². The van der Waals surface area contributed by atoms with Crippen LogP contribution < -0.4 is 5.32 Å². The fourth-order valence-electron chi connectivity index (χ4n) is 3.97. The molecule has 1 aliphatic heterocycles. The average Bonchev–Trinajstić information content (AvgIpc) is 2.82. The number of anilines is 1. The number of sulfonamides is 1. The number of amides is 1. The molecule has 1 aliphatic rings. The third-order valence-electron chi connectivity index (χ3n) is 5.86. The Balaban J connectivity index is 1.28. The van der Waals surface area contributed by atoms with Gasteiger partial charge in [-0.05, 0) is 72.4 Å². The number of nitrogens with zero attached hydrogens (tertiary/aromatic N) is 2. The van der Waals surface area contributed by atoms with Crippen LogP contribution in [0.25, 0.3) is 0 Å². The van der Waals surface area contributed by atoms with Crippen molar-refractivity contribution in [1.82, 2.24) is 9.29 Å². The molecule has 2 heterocycles. The van der Waals surface area contributed by atoms with E-state index in [0.717, 1.165) is 17.7 Å². The summed E-state index contributed by atoms with van der Waals surface area (Å²) in [4.78, 5) is 16.7. The van der Waals surface area contributed by atoms with Gasteiger partial charge in [0.15, 0.2) is 0 Å². The van der Waals surface area contributed by atoms with Gasteiger partial charge >= 0.3 is 0 Å². The summed E-state index contributed by atoms with van der Waals surface area (Å²) in [5.74, 6) is -0.895. The van der Waals surface area contributed by atoms with Crippen LogP contribution in [0, 0.1) is 11.7 Å². The molecule has 0 spiro atoms. The maximum atomic E-state index is 13.1. The van der Waals surface area contributed by atoms with Gasteiger partial charge in [0.25, 0.3) is 0 Å². The van der Waals surface area contributed by atoms with Gasteiger partial charge in [0.1, 0.15) is 5.82 Å². The quantitative estimate of drug-likeness (QED) is 0.570. The lowest BCUT2D eigenvalue weighted by molar-refractivity contribution is -0.120. The normalized spacial score (nSPS) is 15.3. The molecule has 0 saturated carbocycles. The number of aromatic nitrogens is 1. The van der Waals surface area contributed by atoms with Gasteiger partial charge in [0.2, 0.25) is 15.9 Å². The van der Waals surface area contributed by atoms with Gasteiger partial charge in [-0.15, -0.1) is 0 Å². The summed E-state index contributed by atoms with van der Waals surface area (Å²) in [6, 6.07) is 17.2. The second-order valence-electron chi connectivity index (χ2n) is 8.27.